The Kier molecular flexibility index (Phi) is 4.19. The third kappa shape index (κ3) is 3.39. The fraction of sp³-hybridized carbons (Fsp3) is 0.316. The Morgan fingerprint density at radius 2 is 2.04 bits per heavy atom. The van der Waals surface area contributed by atoms with Crippen LogP contribution in [-0.4, -0.2) is 51.9 Å². The molecule has 1 amide bonds. The summed E-state index contributed by atoms with van der Waals surface area (Å²) < 4.78 is 5.68. The summed E-state index contributed by atoms with van der Waals surface area (Å²) in [5.74, 6) is 0.311. The van der Waals surface area contributed by atoms with Gasteiger partial charge in [-0.25, -0.2) is 4.98 Å². The lowest BCUT2D eigenvalue weighted by Gasteiger charge is -2.34. The fourth-order valence-electron chi connectivity index (χ4n) is 3.15. The Morgan fingerprint density at radius 3 is 2.80 bits per heavy atom. The quantitative estimate of drug-likeness (QED) is 0.735. The molecule has 3 aromatic heterocycles. The van der Waals surface area contributed by atoms with Crippen LogP contribution < -0.4 is 0 Å². The topological polar surface area (TPSA) is 62.5 Å². The summed E-state index contributed by atoms with van der Waals surface area (Å²) in [7, 11) is 0. The van der Waals surface area contributed by atoms with Crippen LogP contribution in [0.15, 0.2) is 47.1 Å². The van der Waals surface area contributed by atoms with Crippen molar-refractivity contribution in [1.29, 1.82) is 0 Å². The second-order valence-electron chi connectivity index (χ2n) is 6.38. The minimum Gasteiger partial charge on any atom is -0.449 e. The van der Waals surface area contributed by atoms with Crippen molar-refractivity contribution in [3.8, 4) is 0 Å². The molecule has 25 heavy (non-hydrogen) atoms. The molecule has 4 rings (SSSR count). The van der Waals surface area contributed by atoms with Gasteiger partial charge in [0.2, 0.25) is 0 Å². The first kappa shape index (κ1) is 15.8. The predicted octanol–water partition coefficient (Wildman–Crippen LogP) is 2.49. The zero-order chi connectivity index (χ0) is 17.2. The fourth-order valence-corrected chi connectivity index (χ4v) is 3.15. The molecule has 128 valence electrons. The lowest BCUT2D eigenvalue weighted by molar-refractivity contribution is 0.0600. The number of amides is 1. The molecule has 0 aliphatic carbocycles. The van der Waals surface area contributed by atoms with Crippen LogP contribution in [0.25, 0.3) is 11.1 Å². The monoisotopic (exact) mass is 336 g/mol. The summed E-state index contributed by atoms with van der Waals surface area (Å²) in [6, 6.07) is 9.52. The predicted molar refractivity (Wildman–Crippen MR) is 94.2 cm³/mol. The van der Waals surface area contributed by atoms with E-state index >= 15 is 0 Å². The van der Waals surface area contributed by atoms with Gasteiger partial charge in [0.25, 0.3) is 5.91 Å². The molecule has 0 saturated carbocycles. The highest BCUT2D eigenvalue weighted by Gasteiger charge is 2.24. The molecule has 0 unspecified atom stereocenters. The minimum absolute atomic E-state index is 0.0586. The molecule has 6 heteroatoms. The van der Waals surface area contributed by atoms with Crippen LogP contribution in [0.5, 0.6) is 0 Å². The Balaban J connectivity index is 1.40. The van der Waals surface area contributed by atoms with Gasteiger partial charge in [-0.05, 0) is 30.7 Å². The van der Waals surface area contributed by atoms with Gasteiger partial charge in [0.1, 0.15) is 5.52 Å². The Labute approximate surface area is 146 Å². The SMILES string of the molecule is Cc1ccc2oc(C(=O)N3CCN(Cc4cccnc4)CC3)cc2n1. The Morgan fingerprint density at radius 1 is 1.20 bits per heavy atom. The molecule has 0 spiro atoms. The summed E-state index contributed by atoms with van der Waals surface area (Å²) in [6.07, 6.45) is 3.67. The van der Waals surface area contributed by atoms with Crippen LogP contribution in [0.1, 0.15) is 21.8 Å². The van der Waals surface area contributed by atoms with Gasteiger partial charge in [-0.1, -0.05) is 6.07 Å². The number of aryl methyl sites for hydroxylation is 1. The Hall–Kier alpha value is -2.73. The molecule has 0 N–H and O–H groups in total. The minimum atomic E-state index is -0.0586. The zero-order valence-corrected chi connectivity index (χ0v) is 14.2. The average molecular weight is 336 g/mol. The summed E-state index contributed by atoms with van der Waals surface area (Å²) in [5, 5.41) is 0. The number of aromatic nitrogens is 2. The average Bonchev–Trinajstić information content (AvgIpc) is 3.06. The molecular formula is C19H20N4O2. The van der Waals surface area contributed by atoms with Crippen molar-refractivity contribution in [3.63, 3.8) is 0 Å². The summed E-state index contributed by atoms with van der Waals surface area (Å²) >= 11 is 0. The molecule has 6 nitrogen and oxygen atoms in total. The molecule has 0 bridgehead atoms. The van der Waals surface area contributed by atoms with Gasteiger partial charge >= 0.3 is 0 Å². The largest absolute Gasteiger partial charge is 0.449 e. The van der Waals surface area contributed by atoms with E-state index in [1.807, 2.05) is 36.2 Å². The number of fused-ring (bicyclic) bond motifs is 1. The highest BCUT2D eigenvalue weighted by atomic mass is 16.3. The summed E-state index contributed by atoms with van der Waals surface area (Å²) in [6.45, 7) is 5.88. The number of carbonyl (C=O) groups is 1. The number of nitrogens with zero attached hydrogens (tertiary/aromatic N) is 4. The van der Waals surface area contributed by atoms with Crippen molar-refractivity contribution >= 4 is 17.0 Å². The van der Waals surface area contributed by atoms with E-state index in [4.69, 9.17) is 4.42 Å². The van der Waals surface area contributed by atoms with Crippen LogP contribution in [-0.2, 0) is 6.54 Å². The van der Waals surface area contributed by atoms with Gasteiger partial charge < -0.3 is 9.32 Å². The number of hydrogen-bond acceptors (Lipinski definition) is 5. The number of carbonyl (C=O) groups excluding carboxylic acids is 1. The van der Waals surface area contributed by atoms with E-state index in [0.717, 1.165) is 30.8 Å². The lowest BCUT2D eigenvalue weighted by atomic mass is 10.2. The first-order valence-corrected chi connectivity index (χ1v) is 8.47. The normalized spacial score (nSPS) is 15.6. The van der Waals surface area contributed by atoms with Crippen molar-refractivity contribution in [2.24, 2.45) is 0 Å². The number of piperazine rings is 1. The van der Waals surface area contributed by atoms with Gasteiger partial charge in [0.05, 0.1) is 0 Å². The standard InChI is InChI=1S/C19H20N4O2/c1-14-4-5-17-16(21-14)11-18(25-17)19(24)23-9-7-22(8-10-23)13-15-3-2-6-20-12-15/h2-6,11-12H,7-10,13H2,1H3. The van der Waals surface area contributed by atoms with E-state index in [-0.39, 0.29) is 5.91 Å². The highest BCUT2D eigenvalue weighted by molar-refractivity contribution is 5.95. The van der Waals surface area contributed by atoms with Gasteiger partial charge in [0.15, 0.2) is 11.3 Å². The van der Waals surface area contributed by atoms with Crippen LogP contribution in [0, 0.1) is 6.92 Å². The molecule has 1 fully saturated rings. The molecule has 0 radical (unpaired) electrons. The van der Waals surface area contributed by atoms with Crippen molar-refractivity contribution < 1.29 is 9.21 Å². The van der Waals surface area contributed by atoms with Gasteiger partial charge in [-0.15, -0.1) is 0 Å². The van der Waals surface area contributed by atoms with Crippen molar-refractivity contribution in [1.82, 2.24) is 19.8 Å². The third-order valence-electron chi connectivity index (χ3n) is 4.51. The second-order valence-corrected chi connectivity index (χ2v) is 6.38. The molecule has 3 aromatic rings. The molecule has 0 atom stereocenters. The lowest BCUT2D eigenvalue weighted by Crippen LogP contribution is -2.48. The molecule has 1 aliphatic heterocycles. The van der Waals surface area contributed by atoms with E-state index in [1.54, 1.807) is 12.3 Å². The highest BCUT2D eigenvalue weighted by Crippen LogP contribution is 2.20. The molecule has 0 aromatic carbocycles. The van der Waals surface area contributed by atoms with E-state index in [9.17, 15) is 4.79 Å². The van der Waals surface area contributed by atoms with Gasteiger partial charge in [-0.2, -0.15) is 0 Å². The molecular weight excluding hydrogens is 316 g/mol. The number of pyridine rings is 2. The number of furan rings is 1. The first-order chi connectivity index (χ1) is 12.2. The van der Waals surface area contributed by atoms with Crippen LogP contribution in [0.3, 0.4) is 0 Å². The van der Waals surface area contributed by atoms with Gasteiger partial charge in [0, 0.05) is 56.9 Å². The second kappa shape index (κ2) is 6.64. The van der Waals surface area contributed by atoms with Crippen LogP contribution >= 0.6 is 0 Å². The van der Waals surface area contributed by atoms with E-state index in [0.29, 0.717) is 24.4 Å². The Bertz CT molecular complexity index is 883. The maximum Gasteiger partial charge on any atom is 0.289 e. The number of hydrogen-bond donors (Lipinski definition) is 0. The maximum atomic E-state index is 12.7. The van der Waals surface area contributed by atoms with Crippen molar-refractivity contribution in [2.45, 2.75) is 13.5 Å². The van der Waals surface area contributed by atoms with Crippen LogP contribution in [0.4, 0.5) is 0 Å². The number of rotatable bonds is 3. The molecule has 4 heterocycles. The molecule has 1 aliphatic rings. The first-order valence-electron chi connectivity index (χ1n) is 8.47. The summed E-state index contributed by atoms with van der Waals surface area (Å²) in [4.78, 5) is 25.4. The maximum absolute atomic E-state index is 12.7. The van der Waals surface area contributed by atoms with Crippen LogP contribution in [0.2, 0.25) is 0 Å². The van der Waals surface area contributed by atoms with Crippen molar-refractivity contribution in [2.75, 3.05) is 26.2 Å². The third-order valence-corrected chi connectivity index (χ3v) is 4.51. The smallest absolute Gasteiger partial charge is 0.289 e. The van der Waals surface area contributed by atoms with E-state index < -0.39 is 0 Å². The van der Waals surface area contributed by atoms with Gasteiger partial charge in [-0.3, -0.25) is 14.7 Å². The molecule has 1 saturated heterocycles. The summed E-state index contributed by atoms with van der Waals surface area (Å²) in [5.41, 5.74) is 3.50. The van der Waals surface area contributed by atoms with E-state index in [2.05, 4.69) is 20.9 Å². The van der Waals surface area contributed by atoms with E-state index in [1.165, 1.54) is 5.56 Å². The van der Waals surface area contributed by atoms with Crippen molar-refractivity contribution in [3.05, 3.63) is 59.7 Å². The zero-order valence-electron chi connectivity index (χ0n) is 14.2.